The molecule has 1 aliphatic carbocycles. The average Bonchev–Trinajstić information content (AvgIpc) is 2.47. The molecule has 2 unspecified atom stereocenters. The van der Waals surface area contributed by atoms with Gasteiger partial charge < -0.3 is 10.5 Å². The number of alkyl halides is 2. The molecule has 22 heavy (non-hydrogen) atoms. The van der Waals surface area contributed by atoms with Crippen LogP contribution < -0.4 is 15.2 Å². The molecule has 1 fully saturated rings. The van der Waals surface area contributed by atoms with Gasteiger partial charge >= 0.3 is 6.61 Å². The minimum atomic E-state index is -3.94. The molecule has 2 rings (SSSR count). The largest absolute Gasteiger partial charge is 0.433 e. The van der Waals surface area contributed by atoms with Crippen molar-refractivity contribution in [1.82, 2.24) is 4.72 Å². The van der Waals surface area contributed by atoms with E-state index in [1.807, 2.05) is 0 Å². The van der Waals surface area contributed by atoms with Crippen molar-refractivity contribution < 1.29 is 21.9 Å². The second-order valence-corrected chi connectivity index (χ2v) is 7.02. The average molecular weight is 334 g/mol. The van der Waals surface area contributed by atoms with E-state index < -0.39 is 16.6 Å². The molecular weight excluding hydrogens is 314 g/mol. The summed E-state index contributed by atoms with van der Waals surface area (Å²) in [6, 6.07) is 5.10. The zero-order chi connectivity index (χ0) is 16.2. The smallest absolute Gasteiger partial charge is 0.387 e. The van der Waals surface area contributed by atoms with Crippen LogP contribution >= 0.6 is 0 Å². The first kappa shape index (κ1) is 17.1. The number of rotatable bonds is 6. The molecule has 1 aromatic carbocycles. The van der Waals surface area contributed by atoms with E-state index in [9.17, 15) is 17.2 Å². The molecule has 1 saturated carbocycles. The lowest BCUT2D eigenvalue weighted by Crippen LogP contribution is -2.44. The van der Waals surface area contributed by atoms with Gasteiger partial charge in [-0.3, -0.25) is 0 Å². The highest BCUT2D eigenvalue weighted by molar-refractivity contribution is 7.89. The lowest BCUT2D eigenvalue weighted by Gasteiger charge is -2.31. The highest BCUT2D eigenvalue weighted by atomic mass is 32.2. The summed E-state index contributed by atoms with van der Waals surface area (Å²) in [7, 11) is -3.94. The monoisotopic (exact) mass is 334 g/mol. The van der Waals surface area contributed by atoms with Gasteiger partial charge in [-0.15, -0.1) is 0 Å². The van der Waals surface area contributed by atoms with Crippen LogP contribution in [0.15, 0.2) is 29.2 Å². The maximum atomic E-state index is 12.5. The Hall–Kier alpha value is -1.25. The standard InChI is InChI=1S/C14H20F2N2O3S/c15-14(16)21-12-7-3-4-8-13(12)22(19,20)18-11-6-2-1-5-10(11)9-17/h3-4,7-8,10-11,14,18H,1-2,5-6,9,17H2. The molecule has 5 nitrogen and oxygen atoms in total. The van der Waals surface area contributed by atoms with E-state index in [4.69, 9.17) is 5.73 Å². The van der Waals surface area contributed by atoms with Crippen LogP contribution in [0.25, 0.3) is 0 Å². The Bertz CT molecular complexity index is 596. The number of sulfonamides is 1. The number of hydrogen-bond donors (Lipinski definition) is 2. The molecule has 1 aromatic rings. The Kier molecular flexibility index (Phi) is 5.71. The maximum absolute atomic E-state index is 12.5. The van der Waals surface area contributed by atoms with E-state index in [1.54, 1.807) is 0 Å². The normalized spacial score (nSPS) is 22.7. The Labute approximate surface area is 128 Å². The molecule has 0 amide bonds. The number of nitrogens with one attached hydrogen (secondary N) is 1. The van der Waals surface area contributed by atoms with E-state index in [-0.39, 0.29) is 22.6 Å². The third-order valence-electron chi connectivity index (χ3n) is 3.87. The number of ether oxygens (including phenoxy) is 1. The van der Waals surface area contributed by atoms with E-state index in [2.05, 4.69) is 9.46 Å². The second-order valence-electron chi connectivity index (χ2n) is 5.33. The Balaban J connectivity index is 2.23. The van der Waals surface area contributed by atoms with Crippen molar-refractivity contribution >= 4 is 10.0 Å². The van der Waals surface area contributed by atoms with E-state index >= 15 is 0 Å². The first-order valence-electron chi connectivity index (χ1n) is 7.20. The second kappa shape index (κ2) is 7.34. The number of benzene rings is 1. The van der Waals surface area contributed by atoms with Crippen LogP contribution in [0.3, 0.4) is 0 Å². The summed E-state index contributed by atoms with van der Waals surface area (Å²) in [5, 5.41) is 0. The fourth-order valence-electron chi connectivity index (χ4n) is 2.77. The molecule has 124 valence electrons. The lowest BCUT2D eigenvalue weighted by atomic mass is 9.85. The molecule has 3 N–H and O–H groups in total. The van der Waals surface area contributed by atoms with Gasteiger partial charge in [0.05, 0.1) is 0 Å². The minimum absolute atomic E-state index is 0.0618. The molecule has 0 heterocycles. The fourth-order valence-corrected chi connectivity index (χ4v) is 4.25. The SMILES string of the molecule is NCC1CCCCC1NS(=O)(=O)c1ccccc1OC(F)F. The van der Waals surface area contributed by atoms with Gasteiger partial charge in [0.25, 0.3) is 0 Å². The van der Waals surface area contributed by atoms with Gasteiger partial charge in [0, 0.05) is 6.04 Å². The first-order chi connectivity index (χ1) is 10.4. The van der Waals surface area contributed by atoms with Gasteiger partial charge in [-0.05, 0) is 37.4 Å². The third kappa shape index (κ3) is 4.15. The molecule has 0 spiro atoms. The lowest BCUT2D eigenvalue weighted by molar-refractivity contribution is -0.0517. The van der Waals surface area contributed by atoms with Crippen LogP contribution in [0.4, 0.5) is 8.78 Å². The predicted molar refractivity (Wildman–Crippen MR) is 78.2 cm³/mol. The summed E-state index contributed by atoms with van der Waals surface area (Å²) in [6.45, 7) is -2.69. The van der Waals surface area contributed by atoms with Gasteiger partial charge in [-0.2, -0.15) is 8.78 Å². The number of halogens is 2. The van der Waals surface area contributed by atoms with E-state index in [0.717, 1.165) is 19.3 Å². The maximum Gasteiger partial charge on any atom is 0.387 e. The summed E-state index contributed by atoms with van der Waals surface area (Å²) in [5.41, 5.74) is 5.69. The molecule has 8 heteroatoms. The fraction of sp³-hybridized carbons (Fsp3) is 0.571. The quantitative estimate of drug-likeness (QED) is 0.834. The third-order valence-corrected chi connectivity index (χ3v) is 5.40. The van der Waals surface area contributed by atoms with E-state index in [1.165, 1.54) is 24.3 Å². The highest BCUT2D eigenvalue weighted by Gasteiger charge is 2.30. The summed E-state index contributed by atoms with van der Waals surface area (Å²) >= 11 is 0. The molecule has 0 aromatic heterocycles. The van der Waals surface area contributed by atoms with Crippen molar-refractivity contribution in [3.8, 4) is 5.75 Å². The minimum Gasteiger partial charge on any atom is -0.433 e. The molecule has 0 saturated heterocycles. The van der Waals surface area contributed by atoms with Crippen molar-refractivity contribution in [1.29, 1.82) is 0 Å². The van der Waals surface area contributed by atoms with Crippen LogP contribution in [0.5, 0.6) is 5.75 Å². The van der Waals surface area contributed by atoms with Gasteiger partial charge in [0.2, 0.25) is 10.0 Å². The molecular formula is C14H20F2N2O3S. The highest BCUT2D eigenvalue weighted by Crippen LogP contribution is 2.28. The van der Waals surface area contributed by atoms with Crippen molar-refractivity contribution in [3.05, 3.63) is 24.3 Å². The summed E-state index contributed by atoms with van der Waals surface area (Å²) in [6.07, 6.45) is 3.49. The zero-order valence-corrected chi connectivity index (χ0v) is 12.9. The van der Waals surface area contributed by atoms with Crippen LogP contribution in [-0.4, -0.2) is 27.6 Å². The van der Waals surface area contributed by atoms with Crippen LogP contribution in [0.1, 0.15) is 25.7 Å². The van der Waals surface area contributed by atoms with Gasteiger partial charge in [-0.1, -0.05) is 25.0 Å². The van der Waals surface area contributed by atoms with Gasteiger partial charge in [0.1, 0.15) is 10.6 Å². The Morgan fingerprint density at radius 3 is 2.64 bits per heavy atom. The van der Waals surface area contributed by atoms with E-state index in [0.29, 0.717) is 13.0 Å². The molecule has 2 atom stereocenters. The Morgan fingerprint density at radius 2 is 1.95 bits per heavy atom. The summed E-state index contributed by atoms with van der Waals surface area (Å²) in [4.78, 5) is -0.281. The van der Waals surface area contributed by atoms with Crippen LogP contribution in [-0.2, 0) is 10.0 Å². The van der Waals surface area contributed by atoms with Crippen LogP contribution in [0, 0.1) is 5.92 Å². The number of para-hydroxylation sites is 1. The summed E-state index contributed by atoms with van der Waals surface area (Å²) in [5.74, 6) is -0.295. The van der Waals surface area contributed by atoms with Crippen molar-refractivity contribution in [2.75, 3.05) is 6.54 Å². The molecule has 0 radical (unpaired) electrons. The zero-order valence-electron chi connectivity index (χ0n) is 12.0. The van der Waals surface area contributed by atoms with Crippen LogP contribution in [0.2, 0.25) is 0 Å². The number of nitrogens with two attached hydrogens (primary N) is 1. The molecule has 1 aliphatic rings. The molecule has 0 aliphatic heterocycles. The molecule has 0 bridgehead atoms. The van der Waals surface area contributed by atoms with Crippen molar-refractivity contribution in [2.45, 2.75) is 43.2 Å². The summed E-state index contributed by atoms with van der Waals surface area (Å²) < 4.78 is 56.7. The first-order valence-corrected chi connectivity index (χ1v) is 8.68. The van der Waals surface area contributed by atoms with Gasteiger partial charge in [0.15, 0.2) is 0 Å². The predicted octanol–water partition coefficient (Wildman–Crippen LogP) is 2.08. The Morgan fingerprint density at radius 1 is 1.27 bits per heavy atom. The topological polar surface area (TPSA) is 81.4 Å². The number of hydrogen-bond acceptors (Lipinski definition) is 4. The van der Waals surface area contributed by atoms with Crippen molar-refractivity contribution in [3.63, 3.8) is 0 Å². The van der Waals surface area contributed by atoms with Crippen molar-refractivity contribution in [2.24, 2.45) is 11.7 Å². The van der Waals surface area contributed by atoms with Gasteiger partial charge in [-0.25, -0.2) is 13.1 Å².